The van der Waals surface area contributed by atoms with Gasteiger partial charge in [0.25, 0.3) is 5.91 Å². The van der Waals surface area contributed by atoms with E-state index in [0.29, 0.717) is 42.8 Å². The quantitative estimate of drug-likeness (QED) is 0.719. The summed E-state index contributed by atoms with van der Waals surface area (Å²) in [6.45, 7) is 8.45. The number of hydrogen-bond acceptors (Lipinski definition) is 4. The lowest BCUT2D eigenvalue weighted by Gasteiger charge is -2.40. The van der Waals surface area contributed by atoms with Crippen LogP contribution in [0.3, 0.4) is 0 Å². The zero-order valence-electron chi connectivity index (χ0n) is 17.7. The second-order valence-electron chi connectivity index (χ2n) is 8.65. The predicted octanol–water partition coefficient (Wildman–Crippen LogP) is 2.25. The van der Waals surface area contributed by atoms with Crippen LogP contribution in [0.5, 0.6) is 0 Å². The number of nitrogens with one attached hydrogen (secondary N) is 2. The Morgan fingerprint density at radius 2 is 2.07 bits per heavy atom. The van der Waals surface area contributed by atoms with Gasteiger partial charge >= 0.3 is 0 Å². The number of allylic oxidation sites excluding steroid dienone is 1. The maximum atomic E-state index is 13.0. The Kier molecular flexibility index (Phi) is 6.46. The molecule has 1 aromatic carbocycles. The molecule has 0 saturated carbocycles. The maximum absolute atomic E-state index is 13.0. The number of fused-ring (bicyclic) bond motifs is 1. The van der Waals surface area contributed by atoms with Gasteiger partial charge in [0.15, 0.2) is 0 Å². The number of halogens is 1. The van der Waals surface area contributed by atoms with Crippen LogP contribution in [0.15, 0.2) is 30.4 Å². The molecule has 4 atom stereocenters. The Morgan fingerprint density at radius 3 is 2.77 bits per heavy atom. The van der Waals surface area contributed by atoms with Gasteiger partial charge in [-0.05, 0) is 43.9 Å². The third kappa shape index (κ3) is 4.13. The van der Waals surface area contributed by atoms with E-state index in [4.69, 9.17) is 11.6 Å². The molecule has 2 N–H and O–H groups in total. The van der Waals surface area contributed by atoms with Gasteiger partial charge in [0.1, 0.15) is 0 Å². The molecule has 0 radical (unpaired) electrons. The number of benzene rings is 1. The van der Waals surface area contributed by atoms with E-state index < -0.39 is 0 Å². The Morgan fingerprint density at radius 1 is 1.30 bits per heavy atom. The average molecular weight is 431 g/mol. The fourth-order valence-corrected chi connectivity index (χ4v) is 5.35. The number of nitrogens with zero attached hydrogens (tertiary/aromatic N) is 2. The van der Waals surface area contributed by atoms with Gasteiger partial charge in [-0.2, -0.15) is 0 Å². The number of piperazine rings is 1. The van der Waals surface area contributed by atoms with Gasteiger partial charge in [0, 0.05) is 51.2 Å². The van der Waals surface area contributed by atoms with E-state index in [1.165, 1.54) is 0 Å². The summed E-state index contributed by atoms with van der Waals surface area (Å²) in [6.07, 6.45) is 4.97. The molecule has 3 aliphatic heterocycles. The standard InChI is InChI=1S/C23H31ClN4O2/c1-3-4-9-28-14-19(18-12-15(2)26-21(18)23(28)30)16-5-6-17(20(24)13-16)22(29)27-10-7-25-8-11-27/h3-6,13,15,18-19,21,25-26H,7-12,14H2,1-2H3/b4-3+. The highest BCUT2D eigenvalue weighted by molar-refractivity contribution is 6.33. The first-order valence-electron chi connectivity index (χ1n) is 10.9. The first-order chi connectivity index (χ1) is 14.5. The second kappa shape index (κ2) is 9.08. The highest BCUT2D eigenvalue weighted by atomic mass is 35.5. The fraction of sp³-hybridized carbons (Fsp3) is 0.565. The minimum absolute atomic E-state index is 0.00406. The largest absolute Gasteiger partial charge is 0.337 e. The van der Waals surface area contributed by atoms with Crippen LogP contribution in [0.1, 0.15) is 42.1 Å². The van der Waals surface area contributed by atoms with E-state index in [-0.39, 0.29) is 29.7 Å². The van der Waals surface area contributed by atoms with E-state index in [9.17, 15) is 9.59 Å². The summed E-state index contributed by atoms with van der Waals surface area (Å²) >= 11 is 6.61. The van der Waals surface area contributed by atoms with E-state index in [0.717, 1.165) is 25.1 Å². The molecule has 3 aliphatic rings. The van der Waals surface area contributed by atoms with Gasteiger partial charge in [-0.25, -0.2) is 0 Å². The van der Waals surface area contributed by atoms with Crippen LogP contribution < -0.4 is 10.6 Å². The molecule has 0 spiro atoms. The van der Waals surface area contributed by atoms with Crippen LogP contribution in [0.25, 0.3) is 0 Å². The molecule has 0 aromatic heterocycles. The Balaban J connectivity index is 1.59. The topological polar surface area (TPSA) is 64.7 Å². The average Bonchev–Trinajstić information content (AvgIpc) is 3.15. The summed E-state index contributed by atoms with van der Waals surface area (Å²) in [5.41, 5.74) is 1.68. The minimum Gasteiger partial charge on any atom is -0.337 e. The molecule has 4 unspecified atom stereocenters. The lowest BCUT2D eigenvalue weighted by Crippen LogP contribution is -2.54. The normalized spacial score (nSPS) is 29.5. The van der Waals surface area contributed by atoms with Crippen molar-refractivity contribution in [3.05, 3.63) is 46.5 Å². The molecular weight excluding hydrogens is 400 g/mol. The molecule has 4 rings (SSSR count). The maximum Gasteiger partial charge on any atom is 0.255 e. The van der Waals surface area contributed by atoms with Crippen molar-refractivity contribution in [2.75, 3.05) is 39.3 Å². The number of likely N-dealkylation sites (tertiary alicyclic amines) is 1. The second-order valence-corrected chi connectivity index (χ2v) is 9.05. The summed E-state index contributed by atoms with van der Waals surface area (Å²) in [6, 6.07) is 6.03. The van der Waals surface area contributed by atoms with Crippen LogP contribution in [0, 0.1) is 5.92 Å². The Bertz CT molecular complexity index is 836. The van der Waals surface area contributed by atoms with Crippen molar-refractivity contribution in [3.63, 3.8) is 0 Å². The lowest BCUT2D eigenvalue weighted by atomic mass is 9.77. The van der Waals surface area contributed by atoms with Gasteiger partial charge in [0.2, 0.25) is 5.91 Å². The number of carbonyl (C=O) groups is 2. The number of hydrogen-bond donors (Lipinski definition) is 2. The third-order valence-electron chi connectivity index (χ3n) is 6.65. The number of carbonyl (C=O) groups excluding carboxylic acids is 2. The highest BCUT2D eigenvalue weighted by Crippen LogP contribution is 2.40. The van der Waals surface area contributed by atoms with E-state index in [1.807, 2.05) is 47.1 Å². The number of amides is 2. The third-order valence-corrected chi connectivity index (χ3v) is 6.96. The van der Waals surface area contributed by atoms with Crippen molar-refractivity contribution < 1.29 is 9.59 Å². The van der Waals surface area contributed by atoms with Crippen LogP contribution in [-0.4, -0.2) is 73.0 Å². The van der Waals surface area contributed by atoms with Crippen molar-refractivity contribution >= 4 is 23.4 Å². The number of rotatable bonds is 4. The molecule has 1 aromatic rings. The van der Waals surface area contributed by atoms with E-state index in [1.54, 1.807) is 0 Å². The van der Waals surface area contributed by atoms with Crippen LogP contribution >= 0.6 is 11.6 Å². The van der Waals surface area contributed by atoms with Gasteiger partial charge in [-0.15, -0.1) is 0 Å². The SMILES string of the molecule is C/C=C/CN1CC(c2ccc(C(=O)N3CCNCC3)c(Cl)c2)C2CC(C)NC2C1=O. The lowest BCUT2D eigenvalue weighted by molar-refractivity contribution is -0.137. The van der Waals surface area contributed by atoms with Gasteiger partial charge < -0.3 is 20.4 Å². The molecule has 3 fully saturated rings. The monoisotopic (exact) mass is 430 g/mol. The summed E-state index contributed by atoms with van der Waals surface area (Å²) in [7, 11) is 0. The Labute approximate surface area is 183 Å². The minimum atomic E-state index is -0.148. The molecule has 30 heavy (non-hydrogen) atoms. The van der Waals surface area contributed by atoms with Crippen molar-refractivity contribution in [2.45, 2.75) is 38.3 Å². The van der Waals surface area contributed by atoms with Gasteiger partial charge in [0.05, 0.1) is 16.6 Å². The summed E-state index contributed by atoms with van der Waals surface area (Å²) in [5, 5.41) is 7.25. The van der Waals surface area contributed by atoms with Gasteiger partial charge in [-0.3, -0.25) is 9.59 Å². The molecular formula is C23H31ClN4O2. The highest BCUT2D eigenvalue weighted by Gasteiger charge is 2.47. The van der Waals surface area contributed by atoms with Crippen molar-refractivity contribution in [1.29, 1.82) is 0 Å². The first kappa shape index (κ1) is 21.3. The summed E-state index contributed by atoms with van der Waals surface area (Å²) in [4.78, 5) is 29.6. The molecule has 0 bridgehead atoms. The smallest absolute Gasteiger partial charge is 0.255 e. The fourth-order valence-electron chi connectivity index (χ4n) is 5.08. The van der Waals surface area contributed by atoms with E-state index in [2.05, 4.69) is 17.6 Å². The summed E-state index contributed by atoms with van der Waals surface area (Å²) in [5.74, 6) is 0.641. The number of piperidine rings is 1. The molecule has 3 heterocycles. The molecule has 7 heteroatoms. The van der Waals surface area contributed by atoms with Crippen LogP contribution in [0.4, 0.5) is 0 Å². The van der Waals surface area contributed by atoms with Crippen molar-refractivity contribution in [1.82, 2.24) is 20.4 Å². The van der Waals surface area contributed by atoms with Gasteiger partial charge in [-0.1, -0.05) is 29.8 Å². The molecule has 2 amide bonds. The van der Waals surface area contributed by atoms with Crippen molar-refractivity contribution in [2.24, 2.45) is 5.92 Å². The van der Waals surface area contributed by atoms with Crippen LogP contribution in [0.2, 0.25) is 5.02 Å². The summed E-state index contributed by atoms with van der Waals surface area (Å²) < 4.78 is 0. The zero-order chi connectivity index (χ0) is 21.3. The predicted molar refractivity (Wildman–Crippen MR) is 119 cm³/mol. The molecule has 162 valence electrons. The zero-order valence-corrected chi connectivity index (χ0v) is 18.5. The molecule has 6 nitrogen and oxygen atoms in total. The molecule has 3 saturated heterocycles. The Hall–Kier alpha value is -1.89. The van der Waals surface area contributed by atoms with Crippen LogP contribution in [-0.2, 0) is 4.79 Å². The van der Waals surface area contributed by atoms with E-state index >= 15 is 0 Å². The first-order valence-corrected chi connectivity index (χ1v) is 11.3. The van der Waals surface area contributed by atoms with Crippen molar-refractivity contribution in [3.8, 4) is 0 Å². The molecule has 0 aliphatic carbocycles.